The lowest BCUT2D eigenvalue weighted by Crippen LogP contribution is -2.40. The van der Waals surface area contributed by atoms with Gasteiger partial charge in [-0.2, -0.15) is 0 Å². The first-order chi connectivity index (χ1) is 30.7. The third-order valence-corrected chi connectivity index (χ3v) is 13.7. The predicted molar refractivity (Wildman–Crippen MR) is 260 cm³/mol. The summed E-state index contributed by atoms with van der Waals surface area (Å²) in [6.45, 7) is 0. The zero-order valence-corrected chi connectivity index (χ0v) is 35.0. The standard InChI is InChI=1S/C58H52N4/c59-53(40-18-4-1-5-19-40)38-54(41-20-6-2-7-21-41)60-39-44-22-10-11-27-47(44)43-34-35-57-52(37-43)50-29-13-14-32-55(50)61(57)46-26-16-23-42(36-46)48-30-17-31-51-49-28-12-15-33-56(49)62(58(48)51)45-24-8-3-9-25-45/h1-6,8-12,14-20,22-24,26-28,30-39,45,49,52-53,56-57H,7,13,21,25,29,59H2/b54-38-,60-39+. The lowest BCUT2D eigenvalue weighted by molar-refractivity contribution is 0.614. The first-order valence-corrected chi connectivity index (χ1v) is 22.5. The fourth-order valence-corrected chi connectivity index (χ4v) is 10.8. The second-order valence-electron chi connectivity index (χ2n) is 17.3. The maximum Gasteiger partial charge on any atom is 0.0640 e. The number of hydrogen-bond acceptors (Lipinski definition) is 4. The van der Waals surface area contributed by atoms with Gasteiger partial charge in [-0.3, -0.25) is 4.99 Å². The van der Waals surface area contributed by atoms with Gasteiger partial charge in [0.2, 0.25) is 0 Å². The molecule has 2 heterocycles. The maximum atomic E-state index is 6.75. The number of allylic oxidation sites excluding steroid dienone is 12. The molecule has 4 aromatic rings. The lowest BCUT2D eigenvalue weighted by atomic mass is 9.82. The summed E-state index contributed by atoms with van der Waals surface area (Å²) < 4.78 is 0. The molecule has 2 N–H and O–H groups in total. The van der Waals surface area contributed by atoms with Gasteiger partial charge in [0.15, 0.2) is 0 Å². The Morgan fingerprint density at radius 1 is 0.710 bits per heavy atom. The summed E-state index contributed by atoms with van der Waals surface area (Å²) in [5.41, 5.74) is 23.0. The van der Waals surface area contributed by atoms with Crippen LogP contribution < -0.4 is 15.5 Å². The average Bonchev–Trinajstić information content (AvgIpc) is 3.86. The van der Waals surface area contributed by atoms with Gasteiger partial charge in [-0.25, -0.2) is 0 Å². The van der Waals surface area contributed by atoms with Gasteiger partial charge in [0.25, 0.3) is 0 Å². The Hall–Kier alpha value is -6.75. The van der Waals surface area contributed by atoms with E-state index in [1.807, 2.05) is 24.4 Å². The van der Waals surface area contributed by atoms with Gasteiger partial charge in [0.05, 0.1) is 29.9 Å². The molecule has 0 saturated carbocycles. The van der Waals surface area contributed by atoms with Gasteiger partial charge in [-0.15, -0.1) is 0 Å². The third kappa shape index (κ3) is 6.99. The largest absolute Gasteiger partial charge is 0.357 e. The first kappa shape index (κ1) is 38.2. The van der Waals surface area contributed by atoms with Crippen LogP contribution in [-0.2, 0) is 0 Å². The quantitative estimate of drug-likeness (QED) is 0.171. The molecule has 2 aliphatic heterocycles. The molecule has 0 spiro atoms. The van der Waals surface area contributed by atoms with Crippen molar-refractivity contribution in [3.05, 3.63) is 245 Å². The van der Waals surface area contributed by atoms with Crippen LogP contribution in [0.5, 0.6) is 0 Å². The van der Waals surface area contributed by atoms with Crippen molar-refractivity contribution in [3.8, 4) is 11.1 Å². The van der Waals surface area contributed by atoms with Crippen LogP contribution in [0.25, 0.3) is 16.7 Å². The summed E-state index contributed by atoms with van der Waals surface area (Å²) in [4.78, 5) is 10.5. The van der Waals surface area contributed by atoms with E-state index in [2.05, 4.69) is 192 Å². The molecule has 6 atom stereocenters. The number of para-hydroxylation sites is 1. The maximum absolute atomic E-state index is 6.75. The van der Waals surface area contributed by atoms with Crippen molar-refractivity contribution in [2.24, 2.45) is 16.6 Å². The molecule has 62 heavy (non-hydrogen) atoms. The highest BCUT2D eigenvalue weighted by atomic mass is 15.2. The number of benzene rings is 4. The molecular weight excluding hydrogens is 753 g/mol. The summed E-state index contributed by atoms with van der Waals surface area (Å²) >= 11 is 0. The van der Waals surface area contributed by atoms with Crippen molar-refractivity contribution in [1.82, 2.24) is 0 Å². The molecule has 11 rings (SSSR count). The first-order valence-electron chi connectivity index (χ1n) is 22.5. The molecule has 304 valence electrons. The van der Waals surface area contributed by atoms with E-state index in [9.17, 15) is 0 Å². The molecule has 4 nitrogen and oxygen atoms in total. The van der Waals surface area contributed by atoms with Crippen molar-refractivity contribution in [3.63, 3.8) is 0 Å². The molecule has 7 aliphatic rings. The Bertz CT molecular complexity index is 2780. The highest BCUT2D eigenvalue weighted by Gasteiger charge is 2.42. The smallest absolute Gasteiger partial charge is 0.0640 e. The SMILES string of the molecule is NC(/C=C(\N=C\c1ccccc1C1=CC2C3=C(C=CCC3)N(c3cccc(-c4cccc5c4N(C4C=CC=CC4)C4C=CC=CC54)c3)C2C=C1)C1=CC=CCC1)c1ccccc1. The van der Waals surface area contributed by atoms with Gasteiger partial charge < -0.3 is 15.5 Å². The number of aliphatic imine (C=N–C) groups is 1. The summed E-state index contributed by atoms with van der Waals surface area (Å²) in [6.07, 6.45) is 46.2. The third-order valence-electron chi connectivity index (χ3n) is 13.7. The number of nitrogens with zero attached hydrogens (tertiary/aromatic N) is 3. The summed E-state index contributed by atoms with van der Waals surface area (Å²) in [5.74, 6) is 0.621. The molecule has 0 saturated heterocycles. The fraction of sp³-hybridized carbons (Fsp3) is 0.190. The highest BCUT2D eigenvalue weighted by Crippen LogP contribution is 2.52. The summed E-state index contributed by atoms with van der Waals surface area (Å²) in [5, 5.41) is 0. The predicted octanol–water partition coefficient (Wildman–Crippen LogP) is 13.0. The number of anilines is 2. The van der Waals surface area contributed by atoms with Crippen LogP contribution in [0.15, 0.2) is 228 Å². The second kappa shape index (κ2) is 16.6. The molecule has 5 aliphatic carbocycles. The van der Waals surface area contributed by atoms with Crippen LogP contribution in [0.3, 0.4) is 0 Å². The van der Waals surface area contributed by atoms with Gasteiger partial charge in [-0.05, 0) is 95.4 Å². The molecule has 4 aromatic carbocycles. The molecule has 0 fully saturated rings. The highest BCUT2D eigenvalue weighted by molar-refractivity contribution is 5.93. The monoisotopic (exact) mass is 804 g/mol. The summed E-state index contributed by atoms with van der Waals surface area (Å²) in [7, 11) is 0. The summed E-state index contributed by atoms with van der Waals surface area (Å²) in [6, 6.07) is 35.8. The zero-order valence-electron chi connectivity index (χ0n) is 35.0. The number of rotatable bonds is 9. The van der Waals surface area contributed by atoms with E-state index in [-0.39, 0.29) is 18.0 Å². The molecule has 0 aromatic heterocycles. The van der Waals surface area contributed by atoms with E-state index >= 15 is 0 Å². The van der Waals surface area contributed by atoms with Gasteiger partial charge in [0.1, 0.15) is 0 Å². The fourth-order valence-electron chi connectivity index (χ4n) is 10.8. The van der Waals surface area contributed by atoms with Crippen LogP contribution in [0.1, 0.15) is 66.3 Å². The van der Waals surface area contributed by atoms with Crippen molar-refractivity contribution >= 4 is 23.2 Å². The van der Waals surface area contributed by atoms with Crippen molar-refractivity contribution in [2.45, 2.75) is 62.2 Å². The molecule has 0 radical (unpaired) electrons. The minimum atomic E-state index is -0.247. The van der Waals surface area contributed by atoms with E-state index in [1.54, 1.807) is 0 Å². The van der Waals surface area contributed by atoms with Gasteiger partial charge in [-0.1, -0.05) is 176 Å². The van der Waals surface area contributed by atoms with Gasteiger partial charge >= 0.3 is 0 Å². The minimum Gasteiger partial charge on any atom is -0.357 e. The van der Waals surface area contributed by atoms with Gasteiger partial charge in [0, 0.05) is 46.2 Å². The van der Waals surface area contributed by atoms with Crippen LogP contribution in [0, 0.1) is 5.92 Å². The van der Waals surface area contributed by atoms with E-state index in [0.29, 0.717) is 18.0 Å². The molecule has 0 bridgehead atoms. The van der Waals surface area contributed by atoms with E-state index in [4.69, 9.17) is 10.7 Å². The Morgan fingerprint density at radius 2 is 1.55 bits per heavy atom. The van der Waals surface area contributed by atoms with Crippen molar-refractivity contribution in [2.75, 3.05) is 9.80 Å². The van der Waals surface area contributed by atoms with Crippen molar-refractivity contribution in [1.29, 1.82) is 0 Å². The normalized spacial score (nSPS) is 24.9. The van der Waals surface area contributed by atoms with Crippen LogP contribution >= 0.6 is 0 Å². The lowest BCUT2D eigenvalue weighted by Gasteiger charge is -2.36. The Kier molecular flexibility index (Phi) is 10.2. The Balaban J connectivity index is 0.922. The zero-order chi connectivity index (χ0) is 41.4. The molecular formula is C58H52N4. The number of nitrogens with two attached hydrogens (primary N) is 1. The van der Waals surface area contributed by atoms with Crippen molar-refractivity contribution < 1.29 is 0 Å². The molecule has 0 amide bonds. The Labute approximate surface area is 366 Å². The van der Waals surface area contributed by atoms with E-state index < -0.39 is 0 Å². The number of hydrogen-bond donors (Lipinski definition) is 1. The van der Waals surface area contributed by atoms with E-state index in [0.717, 1.165) is 48.9 Å². The second-order valence-corrected chi connectivity index (χ2v) is 17.3. The Morgan fingerprint density at radius 3 is 2.44 bits per heavy atom. The van der Waals surface area contributed by atoms with Crippen LogP contribution in [0.4, 0.5) is 11.4 Å². The van der Waals surface area contributed by atoms with E-state index in [1.165, 1.54) is 56.0 Å². The minimum absolute atomic E-state index is 0.193. The average molecular weight is 805 g/mol. The van der Waals surface area contributed by atoms with Crippen LogP contribution in [-0.4, -0.2) is 24.3 Å². The molecule has 6 unspecified atom stereocenters. The topological polar surface area (TPSA) is 44.9 Å². The molecule has 4 heteroatoms. The number of fused-ring (bicyclic) bond motifs is 5. The van der Waals surface area contributed by atoms with Crippen LogP contribution in [0.2, 0.25) is 0 Å².